The topological polar surface area (TPSA) is 97.2 Å². The molecule has 2 amide bonds. The molecule has 0 saturated heterocycles. The standard InChI is InChI=1S/C21H26F3N3O3/c1-9-15(22)13-12(16(23)17(24)14(19(25)28)18(13)26-9)10-6-5-7-11(8-10)27-20(29)30-21(2,3)4/h10-11,26H,5-8H2,1-4H3,(H2,25,28)(H,27,29). The maximum atomic E-state index is 15.1. The van der Waals surface area contributed by atoms with Crippen LogP contribution in [-0.4, -0.2) is 28.6 Å². The molecule has 0 aliphatic heterocycles. The fraction of sp³-hybridized carbons (Fsp3) is 0.524. The van der Waals surface area contributed by atoms with E-state index < -0.39 is 46.5 Å². The number of H-pyrrole nitrogens is 1. The van der Waals surface area contributed by atoms with Crippen LogP contribution in [0.25, 0.3) is 10.9 Å². The number of benzene rings is 1. The molecule has 164 valence electrons. The first-order valence-electron chi connectivity index (χ1n) is 9.88. The lowest BCUT2D eigenvalue weighted by Crippen LogP contribution is -2.41. The van der Waals surface area contributed by atoms with Crippen LogP contribution in [0.2, 0.25) is 0 Å². The number of ether oxygens (including phenoxy) is 1. The van der Waals surface area contributed by atoms with Gasteiger partial charge in [0, 0.05) is 22.7 Å². The molecule has 9 heteroatoms. The Morgan fingerprint density at radius 2 is 1.80 bits per heavy atom. The number of nitrogens with one attached hydrogen (secondary N) is 2. The highest BCUT2D eigenvalue weighted by molar-refractivity contribution is 6.06. The van der Waals surface area contributed by atoms with Crippen LogP contribution in [0.3, 0.4) is 0 Å². The van der Waals surface area contributed by atoms with E-state index in [1.165, 1.54) is 6.92 Å². The molecule has 1 aliphatic carbocycles. The van der Waals surface area contributed by atoms with E-state index in [2.05, 4.69) is 10.3 Å². The fourth-order valence-electron chi connectivity index (χ4n) is 4.16. The summed E-state index contributed by atoms with van der Waals surface area (Å²) in [4.78, 5) is 26.4. The van der Waals surface area contributed by atoms with Crippen molar-refractivity contribution in [2.24, 2.45) is 5.73 Å². The van der Waals surface area contributed by atoms with Crippen molar-refractivity contribution < 1.29 is 27.5 Å². The Morgan fingerprint density at radius 3 is 2.40 bits per heavy atom. The molecule has 2 aromatic rings. The van der Waals surface area contributed by atoms with Crippen LogP contribution in [0.5, 0.6) is 0 Å². The highest BCUT2D eigenvalue weighted by Gasteiger charge is 2.34. The van der Waals surface area contributed by atoms with Gasteiger partial charge in [-0.25, -0.2) is 18.0 Å². The largest absolute Gasteiger partial charge is 0.444 e. The molecule has 0 bridgehead atoms. The van der Waals surface area contributed by atoms with Crippen molar-refractivity contribution in [2.75, 3.05) is 0 Å². The minimum absolute atomic E-state index is 0.0537. The van der Waals surface area contributed by atoms with E-state index in [0.717, 1.165) is 0 Å². The maximum absolute atomic E-state index is 15.1. The van der Waals surface area contributed by atoms with Crippen LogP contribution in [-0.2, 0) is 4.74 Å². The summed E-state index contributed by atoms with van der Waals surface area (Å²) in [5, 5.41) is 2.59. The van der Waals surface area contributed by atoms with E-state index in [0.29, 0.717) is 19.3 Å². The zero-order valence-corrected chi connectivity index (χ0v) is 17.4. The predicted molar refractivity (Wildman–Crippen MR) is 106 cm³/mol. The van der Waals surface area contributed by atoms with Crippen molar-refractivity contribution in [3.05, 3.63) is 34.3 Å². The number of carbonyl (C=O) groups is 2. The average Bonchev–Trinajstić information content (AvgIpc) is 2.89. The molecule has 1 fully saturated rings. The monoisotopic (exact) mass is 425 g/mol. The number of fused-ring (bicyclic) bond motifs is 1. The number of carbonyl (C=O) groups excluding carboxylic acids is 2. The quantitative estimate of drug-likeness (QED) is 0.673. The van der Waals surface area contributed by atoms with E-state index in [1.54, 1.807) is 20.8 Å². The van der Waals surface area contributed by atoms with Gasteiger partial charge >= 0.3 is 6.09 Å². The highest BCUT2D eigenvalue weighted by atomic mass is 19.2. The van der Waals surface area contributed by atoms with E-state index in [9.17, 15) is 18.4 Å². The van der Waals surface area contributed by atoms with Crippen molar-refractivity contribution in [1.29, 1.82) is 0 Å². The van der Waals surface area contributed by atoms with Crippen LogP contribution in [0.15, 0.2) is 0 Å². The minimum Gasteiger partial charge on any atom is -0.444 e. The second-order valence-electron chi connectivity index (χ2n) is 8.80. The number of rotatable bonds is 3. The molecule has 4 N–H and O–H groups in total. The Labute approximate surface area is 172 Å². The highest BCUT2D eigenvalue weighted by Crippen LogP contribution is 2.41. The molecule has 0 spiro atoms. The van der Waals surface area contributed by atoms with Crippen LogP contribution < -0.4 is 11.1 Å². The summed E-state index contributed by atoms with van der Waals surface area (Å²) >= 11 is 0. The van der Waals surface area contributed by atoms with Crippen molar-refractivity contribution in [3.63, 3.8) is 0 Å². The SMILES string of the molecule is Cc1[nH]c2c(C(N)=O)c(F)c(F)c(C3CCCC(NC(=O)OC(C)(C)C)C3)c2c1F. The van der Waals surface area contributed by atoms with Crippen LogP contribution in [0, 0.1) is 24.4 Å². The third-order valence-corrected chi connectivity index (χ3v) is 5.33. The third-order valence-electron chi connectivity index (χ3n) is 5.33. The Kier molecular flexibility index (Phi) is 5.75. The van der Waals surface area contributed by atoms with E-state index in [4.69, 9.17) is 10.5 Å². The number of alkyl carbamates (subject to hydrolysis) is 1. The molecule has 1 aromatic carbocycles. The first kappa shape index (κ1) is 22.0. The predicted octanol–water partition coefficient (Wildman–Crippen LogP) is 4.54. The summed E-state index contributed by atoms with van der Waals surface area (Å²) in [5.41, 5.74) is 3.62. The number of hydrogen-bond donors (Lipinski definition) is 3. The molecule has 3 rings (SSSR count). The fourth-order valence-corrected chi connectivity index (χ4v) is 4.16. The maximum Gasteiger partial charge on any atom is 0.407 e. The van der Waals surface area contributed by atoms with Crippen LogP contribution >= 0.6 is 0 Å². The lowest BCUT2D eigenvalue weighted by molar-refractivity contribution is 0.0490. The van der Waals surface area contributed by atoms with Gasteiger partial charge in [0.15, 0.2) is 17.5 Å². The second kappa shape index (κ2) is 7.85. The van der Waals surface area contributed by atoms with E-state index in [-0.39, 0.29) is 34.6 Å². The number of aryl methyl sites for hydroxylation is 1. The molecular formula is C21H26F3N3O3. The Hall–Kier alpha value is -2.71. The smallest absolute Gasteiger partial charge is 0.407 e. The number of primary amides is 1. The average molecular weight is 425 g/mol. The van der Waals surface area contributed by atoms with Gasteiger partial charge in [-0.05, 0) is 52.9 Å². The molecule has 1 saturated carbocycles. The Bertz CT molecular complexity index is 1010. The lowest BCUT2D eigenvalue weighted by atomic mass is 9.79. The Balaban J connectivity index is 2.00. The van der Waals surface area contributed by atoms with Gasteiger partial charge in [-0.2, -0.15) is 0 Å². The zero-order valence-electron chi connectivity index (χ0n) is 17.4. The molecule has 1 heterocycles. The van der Waals surface area contributed by atoms with Gasteiger partial charge in [0.1, 0.15) is 11.2 Å². The van der Waals surface area contributed by atoms with Crippen LogP contribution in [0.4, 0.5) is 18.0 Å². The van der Waals surface area contributed by atoms with Gasteiger partial charge in [-0.3, -0.25) is 4.79 Å². The number of halogens is 3. The molecule has 2 atom stereocenters. The first-order chi connectivity index (χ1) is 13.9. The Morgan fingerprint density at radius 1 is 1.13 bits per heavy atom. The molecule has 0 radical (unpaired) electrons. The molecular weight excluding hydrogens is 399 g/mol. The summed E-state index contributed by atoms with van der Waals surface area (Å²) in [5.74, 6) is -5.16. The van der Waals surface area contributed by atoms with Crippen molar-refractivity contribution in [1.82, 2.24) is 10.3 Å². The number of aromatic amines is 1. The van der Waals surface area contributed by atoms with Gasteiger partial charge in [-0.15, -0.1) is 0 Å². The van der Waals surface area contributed by atoms with Crippen LogP contribution in [0.1, 0.15) is 74.0 Å². The number of aromatic nitrogens is 1. The summed E-state index contributed by atoms with van der Waals surface area (Å²) in [6.07, 6.45) is 1.42. The van der Waals surface area contributed by atoms with Gasteiger partial charge in [-0.1, -0.05) is 6.42 Å². The molecule has 1 aromatic heterocycles. The van der Waals surface area contributed by atoms with Gasteiger partial charge in [0.2, 0.25) is 0 Å². The number of nitrogens with two attached hydrogens (primary N) is 1. The first-order valence-corrected chi connectivity index (χ1v) is 9.88. The van der Waals surface area contributed by atoms with Gasteiger partial charge in [0.25, 0.3) is 5.91 Å². The van der Waals surface area contributed by atoms with Crippen molar-refractivity contribution in [3.8, 4) is 0 Å². The summed E-state index contributed by atoms with van der Waals surface area (Å²) in [6, 6.07) is -0.338. The van der Waals surface area contributed by atoms with Gasteiger partial charge in [0.05, 0.1) is 5.52 Å². The summed E-state index contributed by atoms with van der Waals surface area (Å²) in [6.45, 7) is 6.63. The third kappa shape index (κ3) is 4.11. The van der Waals surface area contributed by atoms with E-state index in [1.807, 2.05) is 0 Å². The van der Waals surface area contributed by atoms with Crippen molar-refractivity contribution in [2.45, 2.75) is 70.9 Å². The molecule has 30 heavy (non-hydrogen) atoms. The normalized spacial score (nSPS) is 19.7. The van der Waals surface area contributed by atoms with E-state index >= 15 is 4.39 Å². The van der Waals surface area contributed by atoms with Gasteiger partial charge < -0.3 is 20.8 Å². The molecule has 1 aliphatic rings. The summed E-state index contributed by atoms with van der Waals surface area (Å²) in [7, 11) is 0. The number of hydrogen-bond acceptors (Lipinski definition) is 3. The molecule has 6 nitrogen and oxygen atoms in total. The minimum atomic E-state index is -1.39. The zero-order chi connectivity index (χ0) is 22.4. The number of amides is 2. The summed E-state index contributed by atoms with van der Waals surface area (Å²) < 4.78 is 49.9. The molecule has 2 unspecified atom stereocenters. The second-order valence-corrected chi connectivity index (χ2v) is 8.80. The van der Waals surface area contributed by atoms with Crippen molar-refractivity contribution >= 4 is 22.9 Å². The lowest BCUT2D eigenvalue weighted by Gasteiger charge is -2.31.